The van der Waals surface area contributed by atoms with Crippen molar-refractivity contribution in [3.63, 3.8) is 0 Å². The van der Waals surface area contributed by atoms with Gasteiger partial charge in [0.1, 0.15) is 10.6 Å². The Morgan fingerprint density at radius 1 is 1.24 bits per heavy atom. The van der Waals surface area contributed by atoms with Crippen LogP contribution in [0.5, 0.6) is 5.75 Å². The van der Waals surface area contributed by atoms with E-state index in [4.69, 9.17) is 16.3 Å². The second kappa shape index (κ2) is 9.15. The first-order chi connectivity index (χ1) is 13.8. The van der Waals surface area contributed by atoms with Crippen LogP contribution in [0, 0.1) is 5.92 Å². The quantitative estimate of drug-likeness (QED) is 0.727. The van der Waals surface area contributed by atoms with E-state index in [1.54, 1.807) is 24.3 Å². The molecule has 156 valence electrons. The molecule has 1 N–H and O–H groups in total. The summed E-state index contributed by atoms with van der Waals surface area (Å²) in [6, 6.07) is 11.3. The minimum absolute atomic E-state index is 0.0346. The van der Waals surface area contributed by atoms with Crippen LogP contribution in [0.3, 0.4) is 0 Å². The van der Waals surface area contributed by atoms with Gasteiger partial charge in [-0.3, -0.25) is 4.79 Å². The van der Waals surface area contributed by atoms with Gasteiger partial charge in [-0.15, -0.1) is 0 Å². The zero-order valence-corrected chi connectivity index (χ0v) is 18.1. The van der Waals surface area contributed by atoms with Crippen molar-refractivity contribution < 1.29 is 17.9 Å². The topological polar surface area (TPSA) is 75.7 Å². The van der Waals surface area contributed by atoms with Crippen LogP contribution in [-0.4, -0.2) is 38.3 Å². The molecule has 1 amide bonds. The molecule has 0 aromatic heterocycles. The lowest BCUT2D eigenvalue weighted by molar-refractivity contribution is 0.102. The number of amides is 1. The minimum Gasteiger partial charge on any atom is -0.494 e. The molecule has 2 aromatic rings. The van der Waals surface area contributed by atoms with Crippen molar-refractivity contribution in [3.05, 3.63) is 53.1 Å². The molecule has 0 spiro atoms. The highest BCUT2D eigenvalue weighted by atomic mass is 35.5. The molecule has 1 unspecified atom stereocenters. The molecule has 0 radical (unpaired) electrons. The van der Waals surface area contributed by atoms with Crippen molar-refractivity contribution in [2.24, 2.45) is 5.92 Å². The molecule has 1 fully saturated rings. The summed E-state index contributed by atoms with van der Waals surface area (Å²) in [5.41, 5.74) is 0.814. The fraction of sp³-hybridized carbons (Fsp3) is 0.381. The van der Waals surface area contributed by atoms with Crippen molar-refractivity contribution in [2.45, 2.75) is 31.6 Å². The number of carbonyl (C=O) groups is 1. The van der Waals surface area contributed by atoms with Crippen molar-refractivity contribution in [1.29, 1.82) is 0 Å². The zero-order valence-electron chi connectivity index (χ0n) is 16.5. The van der Waals surface area contributed by atoms with Crippen LogP contribution in [0.2, 0.25) is 5.02 Å². The van der Waals surface area contributed by atoms with Gasteiger partial charge < -0.3 is 10.1 Å². The fourth-order valence-electron chi connectivity index (χ4n) is 3.35. The third-order valence-corrected chi connectivity index (χ3v) is 7.20. The number of anilines is 1. The van der Waals surface area contributed by atoms with E-state index in [-0.39, 0.29) is 15.5 Å². The van der Waals surface area contributed by atoms with E-state index in [0.717, 1.165) is 12.8 Å². The highest BCUT2D eigenvalue weighted by molar-refractivity contribution is 7.89. The molecule has 2 aromatic carbocycles. The highest BCUT2D eigenvalue weighted by Crippen LogP contribution is 2.29. The van der Waals surface area contributed by atoms with E-state index in [0.29, 0.717) is 37.1 Å². The summed E-state index contributed by atoms with van der Waals surface area (Å²) in [7, 11) is -3.76. The Morgan fingerprint density at radius 2 is 1.97 bits per heavy atom. The standard InChI is InChI=1S/C21H25ClN2O4S/c1-3-28-18-9-7-17(8-10-18)23-21(25)16-6-11-19(22)20(13-16)29(26,27)24-12-4-5-15(2)14-24/h6-11,13,15H,3-5,12,14H2,1-2H3,(H,23,25). The summed E-state index contributed by atoms with van der Waals surface area (Å²) in [4.78, 5) is 12.6. The van der Waals surface area contributed by atoms with Crippen LogP contribution in [0.4, 0.5) is 5.69 Å². The normalized spacial score (nSPS) is 17.7. The van der Waals surface area contributed by atoms with Crippen LogP contribution >= 0.6 is 11.6 Å². The summed E-state index contributed by atoms with van der Waals surface area (Å²) in [6.45, 7) is 5.41. The lowest BCUT2D eigenvalue weighted by Crippen LogP contribution is -2.39. The van der Waals surface area contributed by atoms with Gasteiger partial charge in [0.25, 0.3) is 5.91 Å². The van der Waals surface area contributed by atoms with Crippen molar-refractivity contribution in [1.82, 2.24) is 4.31 Å². The van der Waals surface area contributed by atoms with Gasteiger partial charge in [-0.1, -0.05) is 18.5 Å². The molecule has 0 aliphatic carbocycles. The van der Waals surface area contributed by atoms with Gasteiger partial charge in [0.05, 0.1) is 11.6 Å². The maximum Gasteiger partial charge on any atom is 0.255 e. The van der Waals surface area contributed by atoms with Gasteiger partial charge in [-0.05, 0) is 68.1 Å². The van der Waals surface area contributed by atoms with E-state index in [1.807, 2.05) is 13.8 Å². The molecule has 0 saturated carbocycles. The van der Waals surface area contributed by atoms with E-state index in [9.17, 15) is 13.2 Å². The number of nitrogens with zero attached hydrogens (tertiary/aromatic N) is 1. The van der Waals surface area contributed by atoms with E-state index in [2.05, 4.69) is 5.32 Å². The largest absolute Gasteiger partial charge is 0.494 e. The van der Waals surface area contributed by atoms with Gasteiger partial charge in [-0.25, -0.2) is 8.42 Å². The fourth-order valence-corrected chi connectivity index (χ4v) is 5.45. The lowest BCUT2D eigenvalue weighted by Gasteiger charge is -2.30. The van der Waals surface area contributed by atoms with Gasteiger partial charge in [0.2, 0.25) is 10.0 Å². The number of rotatable bonds is 6. The van der Waals surface area contributed by atoms with Gasteiger partial charge in [-0.2, -0.15) is 4.31 Å². The molecule has 1 atom stereocenters. The Morgan fingerprint density at radius 3 is 2.62 bits per heavy atom. The molecule has 1 aliphatic heterocycles. The summed E-state index contributed by atoms with van der Waals surface area (Å²) in [5.74, 6) is 0.596. The van der Waals surface area contributed by atoms with Crippen LogP contribution in [0.15, 0.2) is 47.4 Å². The third-order valence-electron chi connectivity index (χ3n) is 4.85. The number of hydrogen-bond acceptors (Lipinski definition) is 4. The highest BCUT2D eigenvalue weighted by Gasteiger charge is 2.30. The smallest absolute Gasteiger partial charge is 0.255 e. The Bertz CT molecular complexity index is 977. The van der Waals surface area contributed by atoms with Crippen molar-refractivity contribution >= 4 is 33.2 Å². The van der Waals surface area contributed by atoms with Gasteiger partial charge in [0.15, 0.2) is 0 Å². The Balaban J connectivity index is 1.81. The number of sulfonamides is 1. The molecule has 8 heteroatoms. The Kier molecular flexibility index (Phi) is 6.82. The predicted octanol–water partition coefficient (Wildman–Crippen LogP) is 4.41. The molecule has 1 heterocycles. The van der Waals surface area contributed by atoms with Crippen molar-refractivity contribution in [3.8, 4) is 5.75 Å². The molecule has 0 bridgehead atoms. The average Bonchev–Trinajstić information content (AvgIpc) is 2.70. The summed E-state index contributed by atoms with van der Waals surface area (Å²) in [5, 5.41) is 2.88. The van der Waals surface area contributed by atoms with Crippen molar-refractivity contribution in [2.75, 3.05) is 25.0 Å². The van der Waals surface area contributed by atoms with E-state index in [1.165, 1.54) is 22.5 Å². The second-order valence-corrected chi connectivity index (χ2v) is 9.48. The molecule has 29 heavy (non-hydrogen) atoms. The lowest BCUT2D eigenvalue weighted by atomic mass is 10.0. The number of piperidine rings is 1. The molecular formula is C21H25ClN2O4S. The number of benzene rings is 2. The molecular weight excluding hydrogens is 412 g/mol. The molecule has 6 nitrogen and oxygen atoms in total. The van der Waals surface area contributed by atoms with E-state index >= 15 is 0 Å². The molecule has 1 saturated heterocycles. The third kappa shape index (κ3) is 5.10. The summed E-state index contributed by atoms with van der Waals surface area (Å²) < 4.78 is 33.0. The number of nitrogens with one attached hydrogen (secondary N) is 1. The second-order valence-electron chi connectivity index (χ2n) is 7.17. The monoisotopic (exact) mass is 436 g/mol. The maximum atomic E-state index is 13.1. The van der Waals surface area contributed by atoms with Crippen LogP contribution in [0.1, 0.15) is 37.0 Å². The van der Waals surface area contributed by atoms with Crippen LogP contribution < -0.4 is 10.1 Å². The maximum absolute atomic E-state index is 13.1. The Labute approximate surface area is 176 Å². The van der Waals surface area contributed by atoms with Gasteiger partial charge in [0, 0.05) is 24.3 Å². The first-order valence-corrected chi connectivity index (χ1v) is 11.5. The number of hydrogen-bond donors (Lipinski definition) is 1. The van der Waals surface area contributed by atoms with Gasteiger partial charge >= 0.3 is 0 Å². The summed E-state index contributed by atoms with van der Waals surface area (Å²) in [6.07, 6.45) is 1.82. The minimum atomic E-state index is -3.76. The van der Waals surface area contributed by atoms with Crippen LogP contribution in [0.25, 0.3) is 0 Å². The van der Waals surface area contributed by atoms with Crippen LogP contribution in [-0.2, 0) is 10.0 Å². The predicted molar refractivity (Wildman–Crippen MR) is 114 cm³/mol. The number of halogens is 1. The first-order valence-electron chi connectivity index (χ1n) is 9.65. The SMILES string of the molecule is CCOc1ccc(NC(=O)c2ccc(Cl)c(S(=O)(=O)N3CCCC(C)C3)c2)cc1. The zero-order chi connectivity index (χ0) is 21.0. The van der Waals surface area contributed by atoms with E-state index < -0.39 is 15.9 Å². The summed E-state index contributed by atoms with van der Waals surface area (Å²) >= 11 is 6.20. The molecule has 1 aliphatic rings. The number of carbonyl (C=O) groups excluding carboxylic acids is 1. The Hall–Kier alpha value is -2.09. The molecule has 3 rings (SSSR count). The first kappa shape index (κ1) is 21.6. The number of ether oxygens (including phenoxy) is 1. The average molecular weight is 437 g/mol.